The van der Waals surface area contributed by atoms with Gasteiger partial charge in [-0.05, 0) is 25.3 Å². The van der Waals surface area contributed by atoms with Gasteiger partial charge in [0.05, 0.1) is 5.56 Å². The second kappa shape index (κ2) is 5.73. The zero-order chi connectivity index (χ0) is 17.5. The van der Waals surface area contributed by atoms with Crippen LogP contribution in [0.1, 0.15) is 35.4 Å². The Balaban J connectivity index is 2.63. The van der Waals surface area contributed by atoms with Gasteiger partial charge in [-0.15, -0.1) is 0 Å². The van der Waals surface area contributed by atoms with Crippen LogP contribution in [0, 0.1) is 0 Å². The molecule has 0 spiro atoms. The summed E-state index contributed by atoms with van der Waals surface area (Å²) in [6, 6.07) is 0.290. The van der Waals surface area contributed by atoms with E-state index in [1.54, 1.807) is 0 Å². The molecule has 0 aliphatic carbocycles. The third-order valence-electron chi connectivity index (χ3n) is 3.70. The molecule has 0 radical (unpaired) electrons. The summed E-state index contributed by atoms with van der Waals surface area (Å²) in [5.74, 6) is -1.49. The quantitative estimate of drug-likeness (QED) is 0.674. The summed E-state index contributed by atoms with van der Waals surface area (Å²) in [5, 5.41) is 9.52. The van der Waals surface area contributed by atoms with Crippen LogP contribution in [0.25, 0.3) is 0 Å². The number of hydrogen-bond acceptors (Lipinski definition) is 4. The zero-order valence-electron chi connectivity index (χ0n) is 11.7. The first kappa shape index (κ1) is 17.6. The highest BCUT2D eigenvalue weighted by Crippen LogP contribution is 2.53. The zero-order valence-corrected chi connectivity index (χ0v) is 11.7. The minimum atomic E-state index is -6.03. The number of aliphatic hydroxyl groups is 1. The SMILES string of the molecule is O=Cc1cc(C(O)(C(F)(F)F)C(F)(F)F)c(N2CCCCC2)o1. The summed E-state index contributed by atoms with van der Waals surface area (Å²) in [6.45, 7) is 0.342. The van der Waals surface area contributed by atoms with E-state index in [1.807, 2.05) is 0 Å². The molecule has 1 aliphatic heterocycles. The van der Waals surface area contributed by atoms with Crippen molar-refractivity contribution in [3.63, 3.8) is 0 Å². The molecule has 0 amide bonds. The van der Waals surface area contributed by atoms with Crippen molar-refractivity contribution < 1.29 is 40.7 Å². The number of nitrogens with zero attached hydrogens (tertiary/aromatic N) is 1. The summed E-state index contributed by atoms with van der Waals surface area (Å²) in [4.78, 5) is 11.9. The maximum absolute atomic E-state index is 13.0. The third-order valence-corrected chi connectivity index (χ3v) is 3.70. The molecule has 0 unspecified atom stereocenters. The van der Waals surface area contributed by atoms with Crippen molar-refractivity contribution in [2.45, 2.75) is 37.2 Å². The van der Waals surface area contributed by atoms with E-state index < -0.39 is 35.2 Å². The number of furan rings is 1. The molecule has 0 atom stereocenters. The van der Waals surface area contributed by atoms with Crippen LogP contribution in [-0.2, 0) is 5.60 Å². The highest BCUT2D eigenvalue weighted by Gasteiger charge is 2.73. The van der Waals surface area contributed by atoms with Gasteiger partial charge in [0.15, 0.2) is 12.0 Å². The Kier molecular flexibility index (Phi) is 4.40. The van der Waals surface area contributed by atoms with Gasteiger partial charge in [-0.2, -0.15) is 26.3 Å². The van der Waals surface area contributed by atoms with E-state index in [1.165, 1.54) is 4.90 Å². The van der Waals surface area contributed by atoms with Crippen molar-refractivity contribution in [2.75, 3.05) is 18.0 Å². The van der Waals surface area contributed by atoms with Gasteiger partial charge in [0, 0.05) is 13.1 Å². The average Bonchev–Trinajstić information content (AvgIpc) is 2.89. The van der Waals surface area contributed by atoms with Gasteiger partial charge >= 0.3 is 12.4 Å². The number of anilines is 1. The highest BCUT2D eigenvalue weighted by molar-refractivity contribution is 5.73. The number of rotatable bonds is 3. The molecule has 1 aromatic rings. The molecular weight excluding hydrogens is 332 g/mol. The predicted octanol–water partition coefficient (Wildman–Crippen LogP) is 3.39. The fraction of sp³-hybridized carbons (Fsp3) is 0.615. The summed E-state index contributed by atoms with van der Waals surface area (Å²) in [5.41, 5.74) is -6.63. The number of hydrogen-bond donors (Lipinski definition) is 1. The van der Waals surface area contributed by atoms with Gasteiger partial charge in [0.2, 0.25) is 5.88 Å². The molecule has 1 N–H and O–H groups in total. The summed E-state index contributed by atoms with van der Waals surface area (Å²) in [7, 11) is 0. The van der Waals surface area contributed by atoms with Gasteiger partial charge in [0.25, 0.3) is 5.60 Å². The maximum atomic E-state index is 13.0. The van der Waals surface area contributed by atoms with Crippen molar-refractivity contribution in [3.05, 3.63) is 17.4 Å². The van der Waals surface area contributed by atoms with Crippen LogP contribution in [-0.4, -0.2) is 36.8 Å². The Labute approximate surface area is 126 Å². The fourth-order valence-corrected chi connectivity index (χ4v) is 2.52. The smallest absolute Gasteiger partial charge is 0.430 e. The Morgan fingerprint density at radius 1 is 1.04 bits per heavy atom. The molecule has 1 fully saturated rings. The number of halogens is 6. The molecule has 1 aromatic heterocycles. The van der Waals surface area contributed by atoms with Crippen molar-refractivity contribution in [1.29, 1.82) is 0 Å². The van der Waals surface area contributed by atoms with Crippen LogP contribution < -0.4 is 4.90 Å². The Bertz CT molecular complexity index is 557. The molecule has 0 saturated carbocycles. The molecule has 2 heterocycles. The number of piperidine rings is 1. The average molecular weight is 345 g/mol. The standard InChI is InChI=1S/C13H13F6NO3/c14-12(15,16)11(22,13(17,18)19)9-6-8(7-21)23-10(9)20-4-2-1-3-5-20/h6-7,22H,1-5H2. The number of alkyl halides is 6. The predicted molar refractivity (Wildman–Crippen MR) is 66.2 cm³/mol. The van der Waals surface area contributed by atoms with E-state index in [4.69, 9.17) is 4.42 Å². The molecule has 23 heavy (non-hydrogen) atoms. The normalized spacial score (nSPS) is 17.4. The van der Waals surface area contributed by atoms with E-state index in [0.717, 1.165) is 6.42 Å². The molecule has 10 heteroatoms. The van der Waals surface area contributed by atoms with Crippen LogP contribution in [0.15, 0.2) is 10.5 Å². The van der Waals surface area contributed by atoms with Crippen LogP contribution in [0.2, 0.25) is 0 Å². The van der Waals surface area contributed by atoms with Crippen LogP contribution >= 0.6 is 0 Å². The maximum Gasteiger partial charge on any atom is 0.430 e. The van der Waals surface area contributed by atoms with Crippen molar-refractivity contribution in [1.82, 2.24) is 0 Å². The third kappa shape index (κ3) is 2.91. The highest BCUT2D eigenvalue weighted by atomic mass is 19.4. The van der Waals surface area contributed by atoms with Crippen molar-refractivity contribution in [2.24, 2.45) is 0 Å². The van der Waals surface area contributed by atoms with E-state index in [2.05, 4.69) is 0 Å². The number of carbonyl (C=O) groups excluding carboxylic acids is 1. The molecule has 0 bridgehead atoms. The van der Waals surface area contributed by atoms with Crippen LogP contribution in [0.5, 0.6) is 0 Å². The number of carbonyl (C=O) groups is 1. The van der Waals surface area contributed by atoms with Gasteiger partial charge in [-0.3, -0.25) is 4.79 Å². The lowest BCUT2D eigenvalue weighted by atomic mass is 9.93. The lowest BCUT2D eigenvalue weighted by Crippen LogP contribution is -2.54. The second-order valence-electron chi connectivity index (χ2n) is 5.24. The molecule has 0 aromatic carbocycles. The first-order chi connectivity index (χ1) is 10.5. The molecule has 2 rings (SSSR count). The molecule has 130 valence electrons. The van der Waals surface area contributed by atoms with Crippen LogP contribution in [0.3, 0.4) is 0 Å². The largest absolute Gasteiger partial charge is 0.437 e. The Morgan fingerprint density at radius 3 is 2.00 bits per heavy atom. The van der Waals surface area contributed by atoms with E-state index in [0.29, 0.717) is 12.8 Å². The molecule has 1 aliphatic rings. The molecule has 4 nitrogen and oxygen atoms in total. The summed E-state index contributed by atoms with van der Waals surface area (Å²) >= 11 is 0. The van der Waals surface area contributed by atoms with Crippen LogP contribution in [0.4, 0.5) is 32.2 Å². The Hall–Kier alpha value is -1.71. The minimum Gasteiger partial charge on any atom is -0.437 e. The summed E-state index contributed by atoms with van der Waals surface area (Å²) in [6.07, 6.45) is -10.2. The molecular formula is C13H13F6NO3. The lowest BCUT2D eigenvalue weighted by Gasteiger charge is -2.34. The molecule has 1 saturated heterocycles. The Morgan fingerprint density at radius 2 is 1.57 bits per heavy atom. The first-order valence-electron chi connectivity index (χ1n) is 6.72. The minimum absolute atomic E-state index is 0.00981. The topological polar surface area (TPSA) is 53.7 Å². The van der Waals surface area contributed by atoms with Gasteiger partial charge < -0.3 is 14.4 Å². The lowest BCUT2D eigenvalue weighted by molar-refractivity contribution is -0.376. The second-order valence-corrected chi connectivity index (χ2v) is 5.24. The van der Waals surface area contributed by atoms with E-state index in [-0.39, 0.29) is 25.4 Å². The first-order valence-corrected chi connectivity index (χ1v) is 6.72. The van der Waals surface area contributed by atoms with E-state index in [9.17, 15) is 36.2 Å². The van der Waals surface area contributed by atoms with Crippen molar-refractivity contribution >= 4 is 12.2 Å². The van der Waals surface area contributed by atoms with Crippen molar-refractivity contribution in [3.8, 4) is 0 Å². The van der Waals surface area contributed by atoms with Gasteiger partial charge in [0.1, 0.15) is 0 Å². The summed E-state index contributed by atoms with van der Waals surface area (Å²) < 4.78 is 83.0. The van der Waals surface area contributed by atoms with Gasteiger partial charge in [-0.1, -0.05) is 0 Å². The van der Waals surface area contributed by atoms with Gasteiger partial charge in [-0.25, -0.2) is 0 Å². The number of aldehydes is 1. The fourth-order valence-electron chi connectivity index (χ4n) is 2.52. The monoisotopic (exact) mass is 345 g/mol. The van der Waals surface area contributed by atoms with E-state index >= 15 is 0 Å².